The number of anilines is 1. The van der Waals surface area contributed by atoms with E-state index in [0.717, 1.165) is 11.4 Å². The summed E-state index contributed by atoms with van der Waals surface area (Å²) >= 11 is 0. The minimum Gasteiger partial charge on any atom is -0.368 e. The van der Waals surface area contributed by atoms with Gasteiger partial charge in [-0.3, -0.25) is 4.79 Å². The van der Waals surface area contributed by atoms with Crippen molar-refractivity contribution in [1.29, 1.82) is 0 Å². The van der Waals surface area contributed by atoms with Gasteiger partial charge >= 0.3 is 0 Å². The van der Waals surface area contributed by atoms with E-state index in [9.17, 15) is 4.79 Å². The van der Waals surface area contributed by atoms with Crippen LogP contribution < -0.4 is 11.1 Å². The zero-order valence-corrected chi connectivity index (χ0v) is 13.8. The minimum atomic E-state index is -0.467. The lowest BCUT2D eigenvalue weighted by Crippen LogP contribution is -2.13. The first-order valence-electron chi connectivity index (χ1n) is 7.88. The predicted octanol–water partition coefficient (Wildman–Crippen LogP) is 2.25. The molecular weight excluding hydrogens is 316 g/mol. The van der Waals surface area contributed by atoms with Crippen LogP contribution in [0.2, 0.25) is 0 Å². The molecule has 0 fully saturated rings. The number of rotatable bonds is 6. The average molecular weight is 334 g/mol. The van der Waals surface area contributed by atoms with Crippen molar-refractivity contribution >= 4 is 11.7 Å². The Morgan fingerprint density at radius 3 is 2.60 bits per heavy atom. The third-order valence-electron chi connectivity index (χ3n) is 3.72. The Bertz CT molecular complexity index is 851. The number of benzene rings is 1. The molecule has 7 heteroatoms. The summed E-state index contributed by atoms with van der Waals surface area (Å²) in [5.74, 6) is 1.13. The van der Waals surface area contributed by atoms with Crippen LogP contribution in [0.3, 0.4) is 0 Å². The minimum absolute atomic E-state index is 0.148. The van der Waals surface area contributed by atoms with Crippen LogP contribution in [-0.2, 0) is 0 Å². The molecule has 2 heterocycles. The SMILES string of the molecule is CC(CNc1ccc(-c2cccc(C(N)=O)c2)nn1)c1ncccn1. The zero-order chi connectivity index (χ0) is 17.6. The summed E-state index contributed by atoms with van der Waals surface area (Å²) in [5.41, 5.74) is 7.22. The van der Waals surface area contributed by atoms with Crippen molar-refractivity contribution in [3.05, 3.63) is 66.2 Å². The number of amides is 1. The second-order valence-electron chi connectivity index (χ2n) is 5.64. The van der Waals surface area contributed by atoms with Crippen molar-refractivity contribution in [2.24, 2.45) is 5.73 Å². The van der Waals surface area contributed by atoms with Gasteiger partial charge < -0.3 is 11.1 Å². The summed E-state index contributed by atoms with van der Waals surface area (Å²) in [5, 5.41) is 11.6. The van der Waals surface area contributed by atoms with Crippen LogP contribution in [0.25, 0.3) is 11.3 Å². The number of carbonyl (C=O) groups is 1. The molecule has 1 unspecified atom stereocenters. The van der Waals surface area contributed by atoms with Gasteiger partial charge in [-0.2, -0.15) is 0 Å². The highest BCUT2D eigenvalue weighted by molar-refractivity contribution is 5.93. The van der Waals surface area contributed by atoms with Gasteiger partial charge in [0.15, 0.2) is 0 Å². The molecular formula is C18H18N6O. The van der Waals surface area contributed by atoms with E-state index in [1.165, 1.54) is 0 Å². The van der Waals surface area contributed by atoms with E-state index in [1.807, 2.05) is 25.1 Å². The lowest BCUT2D eigenvalue weighted by molar-refractivity contribution is 0.100. The van der Waals surface area contributed by atoms with Crippen molar-refractivity contribution in [2.75, 3.05) is 11.9 Å². The number of nitrogens with one attached hydrogen (secondary N) is 1. The molecule has 25 heavy (non-hydrogen) atoms. The second-order valence-corrected chi connectivity index (χ2v) is 5.64. The maximum absolute atomic E-state index is 11.3. The molecule has 1 atom stereocenters. The highest BCUT2D eigenvalue weighted by Gasteiger charge is 2.09. The number of nitrogens with two attached hydrogens (primary N) is 1. The third kappa shape index (κ3) is 4.14. The molecule has 0 saturated heterocycles. The molecule has 0 bridgehead atoms. The number of carbonyl (C=O) groups excluding carboxylic acids is 1. The van der Waals surface area contributed by atoms with Gasteiger partial charge in [-0.15, -0.1) is 10.2 Å². The fourth-order valence-electron chi connectivity index (χ4n) is 2.33. The average Bonchev–Trinajstić information content (AvgIpc) is 2.67. The molecule has 126 valence electrons. The summed E-state index contributed by atoms with van der Waals surface area (Å²) in [4.78, 5) is 19.8. The summed E-state index contributed by atoms with van der Waals surface area (Å²) in [6, 6.07) is 12.5. The standard InChI is InChI=1S/C18H18N6O/c1-12(18-20-8-3-9-21-18)11-22-16-7-6-15(23-24-16)13-4-2-5-14(10-13)17(19)25/h2-10,12H,11H2,1H3,(H2,19,25)(H,22,24). The zero-order valence-electron chi connectivity index (χ0n) is 13.8. The molecule has 1 amide bonds. The number of aromatic nitrogens is 4. The maximum Gasteiger partial charge on any atom is 0.248 e. The molecule has 1 aromatic carbocycles. The smallest absolute Gasteiger partial charge is 0.248 e. The molecule has 0 aliphatic carbocycles. The van der Waals surface area contributed by atoms with Crippen molar-refractivity contribution in [2.45, 2.75) is 12.8 Å². The first kappa shape index (κ1) is 16.5. The lowest BCUT2D eigenvalue weighted by Gasteiger charge is -2.11. The van der Waals surface area contributed by atoms with Crippen LogP contribution in [-0.4, -0.2) is 32.6 Å². The number of nitrogens with zero attached hydrogens (tertiary/aromatic N) is 4. The molecule has 3 N–H and O–H groups in total. The van der Waals surface area contributed by atoms with Gasteiger partial charge in [-0.1, -0.05) is 19.1 Å². The number of primary amides is 1. The molecule has 3 aromatic rings. The topological polar surface area (TPSA) is 107 Å². The van der Waals surface area contributed by atoms with E-state index >= 15 is 0 Å². The molecule has 2 aromatic heterocycles. The summed E-state index contributed by atoms with van der Waals surface area (Å²) in [6.07, 6.45) is 3.46. The molecule has 0 aliphatic heterocycles. The third-order valence-corrected chi connectivity index (χ3v) is 3.72. The van der Waals surface area contributed by atoms with Crippen LogP contribution in [0.4, 0.5) is 5.82 Å². The van der Waals surface area contributed by atoms with Gasteiger partial charge in [0, 0.05) is 36.0 Å². The normalized spacial score (nSPS) is 11.7. The van der Waals surface area contributed by atoms with E-state index in [1.54, 1.807) is 36.7 Å². The quantitative estimate of drug-likeness (QED) is 0.716. The summed E-state index contributed by atoms with van der Waals surface area (Å²) in [6.45, 7) is 2.69. The van der Waals surface area contributed by atoms with Crippen molar-refractivity contribution in [3.8, 4) is 11.3 Å². The van der Waals surface area contributed by atoms with Gasteiger partial charge in [0.05, 0.1) is 5.69 Å². The Morgan fingerprint density at radius 1 is 1.12 bits per heavy atom. The van der Waals surface area contributed by atoms with E-state index in [0.29, 0.717) is 23.6 Å². The number of hydrogen-bond acceptors (Lipinski definition) is 6. The summed E-state index contributed by atoms with van der Waals surface area (Å²) in [7, 11) is 0. The van der Waals surface area contributed by atoms with Crippen molar-refractivity contribution in [1.82, 2.24) is 20.2 Å². The molecule has 7 nitrogen and oxygen atoms in total. The fourth-order valence-corrected chi connectivity index (χ4v) is 2.33. The Labute approximate surface area is 145 Å². The fraction of sp³-hybridized carbons (Fsp3) is 0.167. The highest BCUT2D eigenvalue weighted by atomic mass is 16.1. The molecule has 0 spiro atoms. The van der Waals surface area contributed by atoms with E-state index in [-0.39, 0.29) is 5.92 Å². The molecule has 3 rings (SSSR count). The largest absolute Gasteiger partial charge is 0.368 e. The van der Waals surface area contributed by atoms with Crippen molar-refractivity contribution in [3.63, 3.8) is 0 Å². The van der Waals surface area contributed by atoms with Crippen LogP contribution in [0.5, 0.6) is 0 Å². The van der Waals surface area contributed by atoms with Crippen LogP contribution >= 0.6 is 0 Å². The van der Waals surface area contributed by atoms with Gasteiger partial charge in [0.25, 0.3) is 0 Å². The van der Waals surface area contributed by atoms with Crippen LogP contribution in [0, 0.1) is 0 Å². The Morgan fingerprint density at radius 2 is 1.92 bits per heavy atom. The Kier molecular flexibility index (Phi) is 4.94. The monoisotopic (exact) mass is 334 g/mol. The molecule has 0 radical (unpaired) electrons. The maximum atomic E-state index is 11.3. The first-order valence-corrected chi connectivity index (χ1v) is 7.88. The molecule has 0 aliphatic rings. The second kappa shape index (κ2) is 7.48. The molecule has 0 saturated carbocycles. The highest BCUT2D eigenvalue weighted by Crippen LogP contribution is 2.19. The van der Waals surface area contributed by atoms with Gasteiger partial charge in [0.2, 0.25) is 5.91 Å². The van der Waals surface area contributed by atoms with Crippen LogP contribution in [0.15, 0.2) is 54.9 Å². The Hall–Kier alpha value is -3.35. The van der Waals surface area contributed by atoms with Crippen LogP contribution in [0.1, 0.15) is 29.0 Å². The van der Waals surface area contributed by atoms with Gasteiger partial charge in [0.1, 0.15) is 11.6 Å². The van der Waals surface area contributed by atoms with E-state index in [2.05, 4.69) is 25.5 Å². The van der Waals surface area contributed by atoms with Crippen molar-refractivity contribution < 1.29 is 4.79 Å². The van der Waals surface area contributed by atoms with Gasteiger partial charge in [-0.25, -0.2) is 9.97 Å². The predicted molar refractivity (Wildman–Crippen MR) is 94.9 cm³/mol. The van der Waals surface area contributed by atoms with E-state index in [4.69, 9.17) is 5.73 Å². The van der Waals surface area contributed by atoms with E-state index < -0.39 is 5.91 Å². The first-order chi connectivity index (χ1) is 12.1. The number of hydrogen-bond donors (Lipinski definition) is 2. The Balaban J connectivity index is 1.66. The summed E-state index contributed by atoms with van der Waals surface area (Å²) < 4.78 is 0. The lowest BCUT2D eigenvalue weighted by atomic mass is 10.1. The van der Waals surface area contributed by atoms with Gasteiger partial charge in [-0.05, 0) is 30.3 Å².